The Morgan fingerprint density at radius 3 is 2.23 bits per heavy atom. The molecule has 3 amide bonds. The lowest BCUT2D eigenvalue weighted by atomic mass is 10.1. The lowest BCUT2D eigenvalue weighted by Crippen LogP contribution is -2.30. The molecule has 2 N–H and O–H groups in total. The van der Waals surface area contributed by atoms with Gasteiger partial charge in [-0.15, -0.1) is 0 Å². The van der Waals surface area contributed by atoms with Crippen molar-refractivity contribution in [3.05, 3.63) is 113 Å². The van der Waals surface area contributed by atoms with E-state index in [0.29, 0.717) is 17.8 Å². The summed E-state index contributed by atoms with van der Waals surface area (Å²) >= 11 is 1.56. The van der Waals surface area contributed by atoms with Crippen LogP contribution >= 0.6 is 11.8 Å². The van der Waals surface area contributed by atoms with Crippen LogP contribution in [0.4, 0.5) is 21.9 Å². The number of carbonyl (C=O) groups is 2. The standard InChI is InChI=1S/C29H25N3O2S/c1-19-12-13-22(16-20(19)2)30-29(34)31-23-14-15-27-25(17-23)32(18-21-8-4-3-5-9-21)28(33)24-10-6-7-11-26(24)35-27/h3-17H,18H2,1-2H3,(H2,30,31,34). The molecule has 5 nitrogen and oxygen atoms in total. The lowest BCUT2D eigenvalue weighted by Gasteiger charge is -2.24. The summed E-state index contributed by atoms with van der Waals surface area (Å²) in [7, 11) is 0. The van der Waals surface area contributed by atoms with Crippen molar-refractivity contribution in [3.8, 4) is 0 Å². The quantitative estimate of drug-likeness (QED) is 0.324. The van der Waals surface area contributed by atoms with Gasteiger partial charge in [0, 0.05) is 21.2 Å². The van der Waals surface area contributed by atoms with Gasteiger partial charge in [-0.1, -0.05) is 60.3 Å². The van der Waals surface area contributed by atoms with Crippen LogP contribution in [-0.2, 0) is 6.54 Å². The zero-order valence-corrected chi connectivity index (χ0v) is 20.4. The van der Waals surface area contributed by atoms with Crippen LogP contribution in [0.5, 0.6) is 0 Å². The van der Waals surface area contributed by atoms with E-state index < -0.39 is 0 Å². The number of amides is 3. The van der Waals surface area contributed by atoms with E-state index in [4.69, 9.17) is 0 Å². The molecule has 0 unspecified atom stereocenters. The summed E-state index contributed by atoms with van der Waals surface area (Å²) in [4.78, 5) is 30.0. The molecule has 4 aromatic rings. The fraction of sp³-hybridized carbons (Fsp3) is 0.103. The highest BCUT2D eigenvalue weighted by atomic mass is 32.2. The number of benzene rings is 4. The Kier molecular flexibility index (Phi) is 6.29. The normalized spacial score (nSPS) is 12.4. The number of nitrogens with zero attached hydrogens (tertiary/aromatic N) is 1. The summed E-state index contributed by atoms with van der Waals surface area (Å²) in [5.41, 5.74) is 6.09. The number of hydrogen-bond donors (Lipinski definition) is 2. The highest BCUT2D eigenvalue weighted by molar-refractivity contribution is 7.99. The van der Waals surface area contributed by atoms with Crippen molar-refractivity contribution >= 4 is 40.8 Å². The summed E-state index contributed by atoms with van der Waals surface area (Å²) in [5, 5.41) is 5.81. The average molecular weight is 480 g/mol. The Labute approximate surface area is 209 Å². The van der Waals surface area contributed by atoms with Crippen LogP contribution < -0.4 is 15.5 Å². The molecule has 5 rings (SSSR count). The monoisotopic (exact) mass is 479 g/mol. The topological polar surface area (TPSA) is 61.4 Å². The molecule has 35 heavy (non-hydrogen) atoms. The van der Waals surface area contributed by atoms with Crippen LogP contribution in [0.3, 0.4) is 0 Å². The molecule has 0 saturated heterocycles. The smallest absolute Gasteiger partial charge is 0.308 e. The van der Waals surface area contributed by atoms with Crippen molar-refractivity contribution in [1.82, 2.24) is 0 Å². The minimum absolute atomic E-state index is 0.0626. The summed E-state index contributed by atoms with van der Waals surface area (Å²) in [6.45, 7) is 4.48. The summed E-state index contributed by atoms with van der Waals surface area (Å²) < 4.78 is 0. The number of nitrogens with one attached hydrogen (secondary N) is 2. The lowest BCUT2D eigenvalue weighted by molar-refractivity contribution is 0.0982. The van der Waals surface area contributed by atoms with Crippen molar-refractivity contribution in [2.45, 2.75) is 30.2 Å². The van der Waals surface area contributed by atoms with Crippen molar-refractivity contribution in [2.75, 3.05) is 15.5 Å². The number of urea groups is 1. The largest absolute Gasteiger partial charge is 0.323 e. The third-order valence-electron chi connectivity index (χ3n) is 6.04. The van der Waals surface area contributed by atoms with Crippen LogP contribution in [0.2, 0.25) is 0 Å². The SMILES string of the molecule is Cc1ccc(NC(=O)Nc2ccc3c(c2)N(Cc2ccccc2)C(=O)c2ccccc2S3)cc1C. The number of aryl methyl sites for hydroxylation is 2. The molecule has 0 radical (unpaired) electrons. The average Bonchev–Trinajstić information content (AvgIpc) is 2.97. The van der Waals surface area contributed by atoms with Gasteiger partial charge in [0.05, 0.1) is 17.8 Å². The molecule has 0 saturated carbocycles. The minimum atomic E-state index is -0.335. The van der Waals surface area contributed by atoms with Gasteiger partial charge in [0.25, 0.3) is 5.91 Å². The Bertz CT molecular complexity index is 1420. The number of hydrogen-bond acceptors (Lipinski definition) is 3. The molecule has 174 valence electrons. The van der Waals surface area contributed by atoms with Gasteiger partial charge in [0.15, 0.2) is 0 Å². The van der Waals surface area contributed by atoms with Crippen LogP contribution in [0, 0.1) is 13.8 Å². The van der Waals surface area contributed by atoms with Gasteiger partial charge in [-0.25, -0.2) is 4.79 Å². The Balaban J connectivity index is 1.46. The van der Waals surface area contributed by atoms with Crippen LogP contribution in [0.1, 0.15) is 27.0 Å². The Morgan fingerprint density at radius 2 is 1.46 bits per heavy atom. The predicted octanol–water partition coefficient (Wildman–Crippen LogP) is 7.26. The van der Waals surface area contributed by atoms with E-state index in [0.717, 1.165) is 32.3 Å². The third-order valence-corrected chi connectivity index (χ3v) is 7.18. The van der Waals surface area contributed by atoms with Gasteiger partial charge in [0.2, 0.25) is 0 Å². The van der Waals surface area contributed by atoms with Gasteiger partial charge in [-0.2, -0.15) is 0 Å². The van der Waals surface area contributed by atoms with Gasteiger partial charge in [-0.3, -0.25) is 4.79 Å². The van der Waals surface area contributed by atoms with Crippen molar-refractivity contribution in [1.29, 1.82) is 0 Å². The number of carbonyl (C=O) groups excluding carboxylic acids is 2. The number of fused-ring (bicyclic) bond motifs is 2. The predicted molar refractivity (Wildman–Crippen MR) is 143 cm³/mol. The Morgan fingerprint density at radius 1 is 0.771 bits per heavy atom. The zero-order valence-electron chi connectivity index (χ0n) is 19.5. The summed E-state index contributed by atoms with van der Waals surface area (Å²) in [6, 6.07) is 28.8. The first-order valence-corrected chi connectivity index (χ1v) is 12.2. The second-order valence-corrected chi connectivity index (χ2v) is 9.62. The van der Waals surface area contributed by atoms with E-state index in [2.05, 4.69) is 10.6 Å². The molecule has 0 spiro atoms. The van der Waals surface area contributed by atoms with Gasteiger partial charge in [-0.05, 0) is 73.0 Å². The van der Waals surface area contributed by atoms with Crippen molar-refractivity contribution < 1.29 is 9.59 Å². The van der Waals surface area contributed by atoms with Crippen LogP contribution in [0.15, 0.2) is 101 Å². The molecule has 1 aliphatic heterocycles. The molecule has 0 fully saturated rings. The molecule has 0 atom stereocenters. The maximum absolute atomic E-state index is 13.7. The second-order valence-electron chi connectivity index (χ2n) is 8.54. The maximum atomic E-state index is 13.7. The molecule has 0 aromatic heterocycles. The molecule has 1 heterocycles. The number of rotatable bonds is 4. The fourth-order valence-corrected chi connectivity index (χ4v) is 5.09. The van der Waals surface area contributed by atoms with E-state index in [9.17, 15) is 9.59 Å². The van der Waals surface area contributed by atoms with Crippen LogP contribution in [-0.4, -0.2) is 11.9 Å². The fourth-order valence-electron chi connectivity index (χ4n) is 4.03. The Hall–Kier alpha value is -4.03. The summed E-state index contributed by atoms with van der Waals surface area (Å²) in [6.07, 6.45) is 0. The number of anilines is 3. The first-order chi connectivity index (χ1) is 17.0. The van der Waals surface area contributed by atoms with Crippen molar-refractivity contribution in [2.24, 2.45) is 0 Å². The van der Waals surface area contributed by atoms with Gasteiger partial charge < -0.3 is 15.5 Å². The molecular weight excluding hydrogens is 454 g/mol. The minimum Gasteiger partial charge on any atom is -0.308 e. The molecule has 0 aliphatic carbocycles. The first kappa shape index (κ1) is 22.7. The highest BCUT2D eigenvalue weighted by Gasteiger charge is 2.27. The van der Waals surface area contributed by atoms with E-state index in [1.165, 1.54) is 5.56 Å². The zero-order chi connectivity index (χ0) is 24.4. The van der Waals surface area contributed by atoms with E-state index in [1.807, 2.05) is 105 Å². The third kappa shape index (κ3) is 4.93. The second kappa shape index (κ2) is 9.68. The molecule has 0 bridgehead atoms. The maximum Gasteiger partial charge on any atom is 0.323 e. The molecule has 4 aromatic carbocycles. The molecular formula is C29H25N3O2S. The first-order valence-electron chi connectivity index (χ1n) is 11.4. The van der Waals surface area contributed by atoms with Gasteiger partial charge >= 0.3 is 6.03 Å². The van der Waals surface area contributed by atoms with E-state index in [-0.39, 0.29) is 11.9 Å². The summed E-state index contributed by atoms with van der Waals surface area (Å²) in [5.74, 6) is -0.0626. The molecule has 6 heteroatoms. The van der Waals surface area contributed by atoms with Gasteiger partial charge in [0.1, 0.15) is 0 Å². The highest BCUT2D eigenvalue weighted by Crippen LogP contribution is 2.43. The van der Waals surface area contributed by atoms with Crippen LogP contribution in [0.25, 0.3) is 0 Å². The van der Waals surface area contributed by atoms with E-state index in [1.54, 1.807) is 16.7 Å². The van der Waals surface area contributed by atoms with E-state index >= 15 is 0 Å². The molecule has 1 aliphatic rings. The van der Waals surface area contributed by atoms with Crippen molar-refractivity contribution in [3.63, 3.8) is 0 Å².